The molecular weight excluding hydrogens is 542 g/mol. The fraction of sp³-hybridized carbons (Fsp3) is 0.259. The molecule has 3 aliphatic heterocycles. The summed E-state index contributed by atoms with van der Waals surface area (Å²) >= 11 is 5.04. The molecule has 0 saturated carbocycles. The first kappa shape index (κ1) is 23.5. The van der Waals surface area contributed by atoms with Crippen molar-refractivity contribution in [3.8, 4) is 0 Å². The predicted octanol–water partition coefficient (Wildman–Crippen LogP) is 4.68. The molecule has 3 aromatic carbocycles. The molecule has 9 heteroatoms. The Morgan fingerprint density at radius 1 is 0.944 bits per heavy atom. The van der Waals surface area contributed by atoms with Crippen LogP contribution in [0.4, 0.5) is 5.69 Å². The molecule has 0 radical (unpaired) electrons. The van der Waals surface area contributed by atoms with Crippen LogP contribution in [0.3, 0.4) is 0 Å². The van der Waals surface area contributed by atoms with Crippen LogP contribution >= 0.6 is 28.0 Å². The number of carbonyl (C=O) groups is 2. The number of hydroxylamine groups is 1. The van der Waals surface area contributed by atoms with E-state index in [9.17, 15) is 9.59 Å². The van der Waals surface area contributed by atoms with Gasteiger partial charge in [-0.3, -0.25) is 9.59 Å². The molecule has 3 heterocycles. The number of hydrogen-bond donors (Lipinski definition) is 0. The van der Waals surface area contributed by atoms with Gasteiger partial charge in [0.15, 0.2) is 6.17 Å². The maximum absolute atomic E-state index is 14.0. The molecule has 0 spiro atoms. The largest absolute Gasteiger partial charge is 0.332 e. The lowest BCUT2D eigenvalue weighted by Gasteiger charge is -2.44. The van der Waals surface area contributed by atoms with E-state index in [1.807, 2.05) is 84.9 Å². The second kappa shape index (κ2) is 9.23. The van der Waals surface area contributed by atoms with Crippen LogP contribution in [0.15, 0.2) is 89.8 Å². The summed E-state index contributed by atoms with van der Waals surface area (Å²) in [5, 5.41) is 1.62. The van der Waals surface area contributed by atoms with Crippen LogP contribution < -0.4 is 5.06 Å². The Bertz CT molecular complexity index is 1300. The first-order chi connectivity index (χ1) is 17.5. The van der Waals surface area contributed by atoms with Crippen LogP contribution in [0.2, 0.25) is 0 Å². The number of amides is 2. The van der Waals surface area contributed by atoms with Crippen LogP contribution in [-0.2, 0) is 29.7 Å². The zero-order valence-electron chi connectivity index (χ0n) is 19.5. The lowest BCUT2D eigenvalue weighted by Crippen LogP contribution is -2.66. The number of hydrogen-bond acceptors (Lipinski definition) is 6. The first-order valence-electron chi connectivity index (χ1n) is 11.8. The molecule has 7 nitrogen and oxygen atoms in total. The molecule has 0 bridgehead atoms. The fourth-order valence-corrected chi connectivity index (χ4v) is 6.98. The Hall–Kier alpha value is -2.85. The zero-order chi connectivity index (χ0) is 24.9. The molecule has 36 heavy (non-hydrogen) atoms. The second-order valence-electron chi connectivity index (χ2n) is 9.24. The summed E-state index contributed by atoms with van der Waals surface area (Å²) in [6.45, 7) is 0. The van der Waals surface area contributed by atoms with E-state index < -0.39 is 22.6 Å². The van der Waals surface area contributed by atoms with Gasteiger partial charge in [0.2, 0.25) is 11.8 Å². The summed E-state index contributed by atoms with van der Waals surface area (Å²) in [5.41, 5.74) is 2.76. The van der Waals surface area contributed by atoms with Crippen LogP contribution in [0.25, 0.3) is 0 Å². The Morgan fingerprint density at radius 3 is 2.36 bits per heavy atom. The third kappa shape index (κ3) is 3.73. The van der Waals surface area contributed by atoms with Crippen molar-refractivity contribution in [2.75, 3.05) is 12.1 Å². The van der Waals surface area contributed by atoms with Crippen molar-refractivity contribution in [1.29, 1.82) is 0 Å². The lowest BCUT2D eigenvalue weighted by molar-refractivity contribution is -0.219. The number of fused-ring (bicyclic) bond motifs is 5. The van der Waals surface area contributed by atoms with Gasteiger partial charge in [0.05, 0.1) is 22.1 Å². The van der Waals surface area contributed by atoms with Crippen molar-refractivity contribution >= 4 is 45.5 Å². The van der Waals surface area contributed by atoms with Gasteiger partial charge in [0.1, 0.15) is 12.1 Å². The van der Waals surface area contributed by atoms with E-state index >= 15 is 0 Å². The van der Waals surface area contributed by atoms with Crippen LogP contribution in [-0.4, -0.2) is 46.9 Å². The summed E-state index contributed by atoms with van der Waals surface area (Å²) in [5.74, 6) is -0.171. The summed E-state index contributed by atoms with van der Waals surface area (Å²) < 4.78 is 4.91. The van der Waals surface area contributed by atoms with Crippen molar-refractivity contribution in [2.45, 2.75) is 40.3 Å². The molecule has 0 N–H and O–H groups in total. The molecule has 1 unspecified atom stereocenters. The SMILES string of the molecule is CN1C(=O)C2C[C@@]3(Br)c4ccccc4N(OOSc4ccccc4)[C@H]3N2C(=O)[C@@H]1Cc1ccccc1. The van der Waals surface area contributed by atoms with Crippen molar-refractivity contribution in [1.82, 2.24) is 9.80 Å². The monoisotopic (exact) mass is 565 g/mol. The standard InChI is InChI=1S/C27H24BrN3O4S/c1-29-22(16-18-10-4-2-5-11-18)25(33)30-23(24(29)32)17-27(28)20-14-8-9-15-21(20)31(26(27)30)34-35-36-19-12-6-3-7-13-19/h2-15,22-23,26H,16-17H2,1H3/t22-,23?,26+,27+/m0/s1. The van der Waals surface area contributed by atoms with Gasteiger partial charge in [-0.05, 0) is 29.3 Å². The quantitative estimate of drug-likeness (QED) is 0.187. The number of carbonyl (C=O) groups excluding carboxylic acids is 2. The zero-order valence-corrected chi connectivity index (χ0v) is 21.9. The highest BCUT2D eigenvalue weighted by Crippen LogP contribution is 2.59. The molecule has 2 fully saturated rings. The summed E-state index contributed by atoms with van der Waals surface area (Å²) in [7, 11) is 1.72. The highest BCUT2D eigenvalue weighted by atomic mass is 79.9. The maximum Gasteiger partial charge on any atom is 0.248 e. The molecular formula is C27H24BrN3O4S. The van der Waals surface area contributed by atoms with E-state index in [1.54, 1.807) is 21.9 Å². The van der Waals surface area contributed by atoms with Gasteiger partial charge in [-0.2, -0.15) is 5.06 Å². The van der Waals surface area contributed by atoms with Gasteiger partial charge in [0.25, 0.3) is 0 Å². The third-order valence-electron chi connectivity index (χ3n) is 7.21. The minimum Gasteiger partial charge on any atom is -0.332 e. The van der Waals surface area contributed by atoms with Crippen molar-refractivity contribution < 1.29 is 18.9 Å². The number of alkyl halides is 1. The van der Waals surface area contributed by atoms with E-state index in [0.717, 1.165) is 33.8 Å². The van der Waals surface area contributed by atoms with Crippen molar-refractivity contribution in [3.63, 3.8) is 0 Å². The fourth-order valence-electron chi connectivity index (χ4n) is 5.49. The average molecular weight is 566 g/mol. The molecule has 2 amide bonds. The van der Waals surface area contributed by atoms with Crippen LogP contribution in [0, 0.1) is 0 Å². The summed E-state index contributed by atoms with van der Waals surface area (Å²) in [6.07, 6.45) is 0.300. The molecule has 2 saturated heterocycles. The Kier molecular flexibility index (Phi) is 6.03. The number of halogens is 1. The minimum absolute atomic E-state index is 0.0687. The second-order valence-corrected chi connectivity index (χ2v) is 11.4. The van der Waals surface area contributed by atoms with Crippen LogP contribution in [0.1, 0.15) is 17.5 Å². The number of benzene rings is 3. The number of anilines is 1. The van der Waals surface area contributed by atoms with Crippen LogP contribution in [0.5, 0.6) is 0 Å². The molecule has 3 aromatic rings. The minimum atomic E-state index is -0.678. The summed E-state index contributed by atoms with van der Waals surface area (Å²) in [4.78, 5) is 37.6. The summed E-state index contributed by atoms with van der Waals surface area (Å²) in [6, 6.07) is 26.0. The van der Waals surface area contributed by atoms with Gasteiger partial charge in [0, 0.05) is 24.8 Å². The molecule has 0 aliphatic carbocycles. The van der Waals surface area contributed by atoms with Crippen molar-refractivity contribution in [3.05, 3.63) is 96.1 Å². The average Bonchev–Trinajstić information content (AvgIpc) is 3.35. The number of nitrogens with zero attached hydrogens (tertiary/aromatic N) is 3. The number of para-hydroxylation sites is 1. The molecule has 6 rings (SSSR count). The van der Waals surface area contributed by atoms with Gasteiger partial charge in [-0.15, -0.1) is 4.33 Å². The van der Waals surface area contributed by atoms with E-state index in [4.69, 9.17) is 9.32 Å². The molecule has 0 aromatic heterocycles. The van der Waals surface area contributed by atoms with Crippen molar-refractivity contribution in [2.24, 2.45) is 0 Å². The van der Waals surface area contributed by atoms with E-state index in [0.29, 0.717) is 12.8 Å². The van der Waals surface area contributed by atoms with E-state index in [-0.39, 0.29) is 11.8 Å². The molecule has 184 valence electrons. The van der Waals surface area contributed by atoms with Gasteiger partial charge in [-0.25, -0.2) is 0 Å². The number of rotatable bonds is 6. The highest BCUT2D eigenvalue weighted by molar-refractivity contribution is 9.09. The number of likely N-dealkylation sites (N-methyl/N-ethyl adjacent to an activating group) is 1. The smallest absolute Gasteiger partial charge is 0.248 e. The maximum atomic E-state index is 14.0. The van der Waals surface area contributed by atoms with E-state index in [2.05, 4.69) is 15.9 Å². The topological polar surface area (TPSA) is 62.3 Å². The molecule has 4 atom stereocenters. The third-order valence-corrected chi connectivity index (χ3v) is 8.96. The van der Waals surface area contributed by atoms with Gasteiger partial charge in [-0.1, -0.05) is 87.6 Å². The predicted molar refractivity (Wildman–Crippen MR) is 140 cm³/mol. The Labute approximate surface area is 222 Å². The van der Waals surface area contributed by atoms with Gasteiger partial charge >= 0.3 is 0 Å². The lowest BCUT2D eigenvalue weighted by atomic mass is 9.95. The Balaban J connectivity index is 1.33. The first-order valence-corrected chi connectivity index (χ1v) is 13.3. The highest BCUT2D eigenvalue weighted by Gasteiger charge is 2.66. The Morgan fingerprint density at radius 2 is 1.61 bits per heavy atom. The van der Waals surface area contributed by atoms with E-state index in [1.165, 1.54) is 0 Å². The molecule has 3 aliphatic rings. The number of piperazine rings is 1. The van der Waals surface area contributed by atoms with Gasteiger partial charge < -0.3 is 9.80 Å². The normalized spacial score (nSPS) is 26.7.